The molecule has 0 atom stereocenters. The van der Waals surface area contributed by atoms with Crippen molar-refractivity contribution in [2.45, 2.75) is 59.0 Å². The molecule has 0 radical (unpaired) electrons. The van der Waals surface area contributed by atoms with Crippen LogP contribution in [0.15, 0.2) is 30.3 Å². The van der Waals surface area contributed by atoms with E-state index in [2.05, 4.69) is 46.9 Å². The number of benzene rings is 1. The van der Waals surface area contributed by atoms with Gasteiger partial charge in [-0.1, -0.05) is 32.9 Å². The van der Waals surface area contributed by atoms with E-state index in [-0.39, 0.29) is 16.9 Å². The van der Waals surface area contributed by atoms with Crippen LogP contribution in [0.25, 0.3) is 0 Å². The van der Waals surface area contributed by atoms with Gasteiger partial charge >= 0.3 is 0 Å². The summed E-state index contributed by atoms with van der Waals surface area (Å²) in [6, 6.07) is 9.28. The molecule has 5 nitrogen and oxygen atoms in total. The highest BCUT2D eigenvalue weighted by Crippen LogP contribution is 2.28. The summed E-state index contributed by atoms with van der Waals surface area (Å²) >= 11 is 0. The number of hydrogen-bond donors (Lipinski definition) is 2. The molecule has 0 bridgehead atoms. The van der Waals surface area contributed by atoms with Gasteiger partial charge < -0.3 is 11.1 Å². The maximum absolute atomic E-state index is 12.6. The van der Waals surface area contributed by atoms with Gasteiger partial charge in [0.15, 0.2) is 0 Å². The second kappa shape index (κ2) is 6.40. The Morgan fingerprint density at radius 2 is 1.71 bits per heavy atom. The summed E-state index contributed by atoms with van der Waals surface area (Å²) in [5.41, 5.74) is 7.84. The molecule has 1 aromatic heterocycles. The van der Waals surface area contributed by atoms with E-state index < -0.39 is 0 Å². The Morgan fingerprint density at radius 3 is 2.17 bits per heavy atom. The molecule has 0 saturated heterocycles. The van der Waals surface area contributed by atoms with Crippen LogP contribution >= 0.6 is 0 Å². The third-order valence-electron chi connectivity index (χ3n) is 3.81. The predicted molar refractivity (Wildman–Crippen MR) is 98.2 cm³/mol. The lowest BCUT2D eigenvalue weighted by atomic mass is 9.92. The maximum atomic E-state index is 12.6. The molecule has 1 heterocycles. The minimum atomic E-state index is -0.227. The molecule has 0 fully saturated rings. The normalized spacial score (nSPS) is 12.3. The number of carbonyl (C=O) groups excluding carboxylic acids is 1. The Balaban J connectivity index is 2.33. The number of hydrogen-bond acceptors (Lipinski definition) is 3. The van der Waals surface area contributed by atoms with Crippen LogP contribution < -0.4 is 11.1 Å². The van der Waals surface area contributed by atoms with Crippen molar-refractivity contribution in [3.8, 4) is 0 Å². The first-order valence-corrected chi connectivity index (χ1v) is 8.24. The zero-order chi connectivity index (χ0) is 18.1. The molecule has 5 heteroatoms. The number of carbonyl (C=O) groups is 1. The van der Waals surface area contributed by atoms with Gasteiger partial charge in [-0.25, -0.2) is 4.68 Å². The van der Waals surface area contributed by atoms with Crippen LogP contribution in [-0.2, 0) is 17.5 Å². The third-order valence-corrected chi connectivity index (χ3v) is 3.81. The van der Waals surface area contributed by atoms with Crippen molar-refractivity contribution in [3.63, 3.8) is 0 Å². The topological polar surface area (TPSA) is 72.9 Å². The Hall–Kier alpha value is -2.14. The Bertz CT molecular complexity index is 715. The van der Waals surface area contributed by atoms with Gasteiger partial charge in [0.1, 0.15) is 5.82 Å². The summed E-state index contributed by atoms with van der Waals surface area (Å²) in [5.74, 6) is 0.560. The summed E-state index contributed by atoms with van der Waals surface area (Å²) in [5, 5.41) is 7.71. The molecule has 3 N–H and O–H groups in total. The largest absolute Gasteiger partial charge is 0.326 e. The van der Waals surface area contributed by atoms with Gasteiger partial charge in [0.05, 0.1) is 11.2 Å². The lowest BCUT2D eigenvalue weighted by Crippen LogP contribution is -2.27. The second-order valence-electron chi connectivity index (χ2n) is 8.10. The highest BCUT2D eigenvalue weighted by molar-refractivity contribution is 6.03. The Morgan fingerprint density at radius 1 is 1.12 bits per heavy atom. The van der Waals surface area contributed by atoms with Crippen molar-refractivity contribution < 1.29 is 4.79 Å². The summed E-state index contributed by atoms with van der Waals surface area (Å²) in [6.07, 6.45) is 0. The third kappa shape index (κ3) is 4.03. The fourth-order valence-electron chi connectivity index (χ4n) is 2.33. The van der Waals surface area contributed by atoms with Crippen LogP contribution in [0.5, 0.6) is 0 Å². The number of rotatable bonds is 3. The molecule has 0 unspecified atom stereocenters. The Labute approximate surface area is 144 Å². The van der Waals surface area contributed by atoms with Gasteiger partial charge in [-0.3, -0.25) is 4.79 Å². The van der Waals surface area contributed by atoms with Crippen molar-refractivity contribution in [1.29, 1.82) is 0 Å². The zero-order valence-corrected chi connectivity index (χ0v) is 15.5. The summed E-state index contributed by atoms with van der Waals surface area (Å²) < 4.78 is 1.87. The molecular formula is C19H28N4O. The fourth-order valence-corrected chi connectivity index (χ4v) is 2.33. The molecule has 0 saturated carbocycles. The second-order valence-corrected chi connectivity index (χ2v) is 8.10. The quantitative estimate of drug-likeness (QED) is 0.903. The number of anilines is 1. The van der Waals surface area contributed by atoms with E-state index >= 15 is 0 Å². The highest BCUT2D eigenvalue weighted by Gasteiger charge is 2.25. The van der Waals surface area contributed by atoms with E-state index in [1.165, 1.54) is 0 Å². The predicted octanol–water partition coefficient (Wildman–Crippen LogP) is 3.65. The maximum Gasteiger partial charge on any atom is 0.256 e. The molecule has 2 rings (SSSR count). The molecule has 0 aliphatic heterocycles. The van der Waals surface area contributed by atoms with Crippen LogP contribution in [0, 0.1) is 0 Å². The molecule has 0 aliphatic rings. The number of nitrogens with zero attached hydrogens (tertiary/aromatic N) is 2. The average molecular weight is 328 g/mol. The van der Waals surface area contributed by atoms with E-state index in [4.69, 9.17) is 10.8 Å². The molecule has 0 aliphatic carbocycles. The van der Waals surface area contributed by atoms with Crippen LogP contribution in [0.4, 0.5) is 5.82 Å². The minimum absolute atomic E-state index is 0.0846. The van der Waals surface area contributed by atoms with Gasteiger partial charge in [-0.05, 0) is 38.5 Å². The number of nitrogens with two attached hydrogens (primary N) is 1. The summed E-state index contributed by atoms with van der Waals surface area (Å²) in [7, 11) is 0. The van der Waals surface area contributed by atoms with E-state index in [1.807, 2.05) is 22.9 Å². The standard InChI is InChI=1S/C19H28N4O/c1-18(2,3)15-11-16(23(22-15)19(4,5)6)21-17(24)14-9-7-13(12-20)8-10-14/h7-11H,12,20H2,1-6H3,(H,21,24). The lowest BCUT2D eigenvalue weighted by molar-refractivity contribution is 0.102. The van der Waals surface area contributed by atoms with Gasteiger partial charge in [0.25, 0.3) is 5.91 Å². The monoisotopic (exact) mass is 328 g/mol. The van der Waals surface area contributed by atoms with E-state index in [0.717, 1.165) is 11.3 Å². The highest BCUT2D eigenvalue weighted by atomic mass is 16.1. The van der Waals surface area contributed by atoms with Crippen LogP contribution in [0.2, 0.25) is 0 Å². The van der Waals surface area contributed by atoms with Crippen LogP contribution in [0.1, 0.15) is 63.2 Å². The molecule has 1 aromatic carbocycles. The van der Waals surface area contributed by atoms with Gasteiger partial charge in [0.2, 0.25) is 0 Å². The molecule has 24 heavy (non-hydrogen) atoms. The molecule has 130 valence electrons. The Kier molecular flexibility index (Phi) is 4.85. The molecular weight excluding hydrogens is 300 g/mol. The average Bonchev–Trinajstić information content (AvgIpc) is 2.91. The summed E-state index contributed by atoms with van der Waals surface area (Å²) in [6.45, 7) is 13.0. The van der Waals surface area contributed by atoms with Crippen LogP contribution in [-0.4, -0.2) is 15.7 Å². The minimum Gasteiger partial charge on any atom is -0.326 e. The first kappa shape index (κ1) is 18.2. The van der Waals surface area contributed by atoms with Gasteiger partial charge in [0, 0.05) is 23.6 Å². The van der Waals surface area contributed by atoms with Crippen molar-refractivity contribution in [1.82, 2.24) is 9.78 Å². The molecule has 2 aromatic rings. The van der Waals surface area contributed by atoms with Crippen LogP contribution in [0.3, 0.4) is 0 Å². The smallest absolute Gasteiger partial charge is 0.256 e. The van der Waals surface area contributed by atoms with Crippen molar-refractivity contribution in [3.05, 3.63) is 47.2 Å². The SMILES string of the molecule is CC(C)(C)c1cc(NC(=O)c2ccc(CN)cc2)n(C(C)(C)C)n1. The van der Waals surface area contributed by atoms with E-state index in [0.29, 0.717) is 17.9 Å². The number of aromatic nitrogens is 2. The van der Waals surface area contributed by atoms with Crippen molar-refractivity contribution in [2.75, 3.05) is 5.32 Å². The fraction of sp³-hybridized carbons (Fsp3) is 0.474. The van der Waals surface area contributed by atoms with E-state index in [9.17, 15) is 4.79 Å². The van der Waals surface area contributed by atoms with Gasteiger partial charge in [-0.15, -0.1) is 0 Å². The number of nitrogens with one attached hydrogen (secondary N) is 1. The van der Waals surface area contributed by atoms with Crippen molar-refractivity contribution in [2.24, 2.45) is 5.73 Å². The van der Waals surface area contributed by atoms with Crippen molar-refractivity contribution >= 4 is 11.7 Å². The number of amides is 1. The van der Waals surface area contributed by atoms with E-state index in [1.54, 1.807) is 12.1 Å². The van der Waals surface area contributed by atoms with Gasteiger partial charge in [-0.2, -0.15) is 5.10 Å². The first-order chi connectivity index (χ1) is 11.0. The summed E-state index contributed by atoms with van der Waals surface area (Å²) in [4.78, 5) is 12.6. The zero-order valence-electron chi connectivity index (χ0n) is 15.5. The molecule has 1 amide bonds. The first-order valence-electron chi connectivity index (χ1n) is 8.24. The molecule has 0 spiro atoms. The lowest BCUT2D eigenvalue weighted by Gasteiger charge is -2.23.